The van der Waals surface area contributed by atoms with Gasteiger partial charge in [0.25, 0.3) is 0 Å². The molecule has 1 aromatic heterocycles. The summed E-state index contributed by atoms with van der Waals surface area (Å²) in [5.74, 6) is 0. The maximum absolute atomic E-state index is 13.3. The van der Waals surface area contributed by atoms with E-state index in [1.165, 1.54) is 0 Å². The van der Waals surface area contributed by atoms with E-state index < -0.39 is 15.6 Å². The van der Waals surface area contributed by atoms with E-state index in [4.69, 9.17) is 16.6 Å². The van der Waals surface area contributed by atoms with Gasteiger partial charge in [0, 0.05) is 36.9 Å². The van der Waals surface area contributed by atoms with Crippen LogP contribution in [0.5, 0.6) is 0 Å². The molecule has 0 saturated carbocycles. The van der Waals surface area contributed by atoms with Crippen LogP contribution in [-0.2, 0) is 22.0 Å². The molecule has 0 radical (unpaired) electrons. The number of imidazole rings is 1. The summed E-state index contributed by atoms with van der Waals surface area (Å²) in [6.45, 7) is 1.45. The van der Waals surface area contributed by atoms with Crippen molar-refractivity contribution < 1.29 is 8.42 Å². The Kier molecular flexibility index (Phi) is 8.27. The quantitative estimate of drug-likeness (QED) is 0.213. The van der Waals surface area contributed by atoms with Gasteiger partial charge in [-0.3, -0.25) is 0 Å². The molecule has 0 bridgehead atoms. The van der Waals surface area contributed by atoms with Crippen molar-refractivity contribution in [1.82, 2.24) is 19.2 Å². The Labute approximate surface area is 252 Å². The average Bonchev–Trinajstić information content (AvgIpc) is 3.52. The van der Waals surface area contributed by atoms with Gasteiger partial charge in [-0.25, -0.2) is 13.4 Å². The van der Waals surface area contributed by atoms with Crippen LogP contribution in [-0.4, -0.2) is 48.0 Å². The summed E-state index contributed by atoms with van der Waals surface area (Å²) < 4.78 is 30.3. The van der Waals surface area contributed by atoms with Crippen LogP contribution in [0.25, 0.3) is 0 Å². The van der Waals surface area contributed by atoms with Gasteiger partial charge in [-0.05, 0) is 53.8 Å². The molecule has 1 N–H and O–H groups in total. The summed E-state index contributed by atoms with van der Waals surface area (Å²) in [6, 6.07) is 38.0. The molecule has 0 amide bonds. The molecule has 42 heavy (non-hydrogen) atoms. The van der Waals surface area contributed by atoms with E-state index in [1.54, 1.807) is 28.6 Å². The molecule has 1 aliphatic rings. The van der Waals surface area contributed by atoms with Gasteiger partial charge in [0.1, 0.15) is 5.54 Å². The molecule has 1 atom stereocenters. The zero-order valence-corrected chi connectivity index (χ0v) is 24.8. The van der Waals surface area contributed by atoms with Gasteiger partial charge in [-0.1, -0.05) is 103 Å². The number of piperazine rings is 1. The maximum Gasteiger partial charge on any atom is 0.243 e. The molecule has 0 spiro atoms. The Balaban J connectivity index is 1.27. The number of hydrogen-bond donors (Lipinski definition) is 1. The molecule has 1 fully saturated rings. The smallest absolute Gasteiger partial charge is 0.243 e. The van der Waals surface area contributed by atoms with Crippen LogP contribution in [0.2, 0.25) is 5.02 Å². The second-order valence-electron chi connectivity index (χ2n) is 10.6. The predicted molar refractivity (Wildman–Crippen MR) is 167 cm³/mol. The van der Waals surface area contributed by atoms with Crippen LogP contribution >= 0.6 is 11.6 Å². The highest BCUT2D eigenvalue weighted by Gasteiger charge is 2.38. The minimum absolute atomic E-state index is 0.0214. The van der Waals surface area contributed by atoms with Gasteiger partial charge in [-0.2, -0.15) is 4.31 Å². The second kappa shape index (κ2) is 12.2. The summed E-state index contributed by atoms with van der Waals surface area (Å²) in [5.41, 5.74) is 3.78. The normalized spacial score (nSPS) is 16.4. The third-order valence-electron chi connectivity index (χ3n) is 8.02. The highest BCUT2D eigenvalue weighted by molar-refractivity contribution is 7.89. The fraction of sp³-hybridized carbons (Fsp3) is 0.206. The molecule has 1 unspecified atom stereocenters. The number of aromatic nitrogens is 2. The van der Waals surface area contributed by atoms with Crippen molar-refractivity contribution in [2.45, 2.75) is 29.3 Å². The number of aryl methyl sites for hydroxylation is 1. The first-order chi connectivity index (χ1) is 20.5. The lowest BCUT2D eigenvalue weighted by Gasteiger charge is -2.37. The van der Waals surface area contributed by atoms with Crippen LogP contribution in [0, 0.1) is 0 Å². The van der Waals surface area contributed by atoms with Gasteiger partial charge >= 0.3 is 0 Å². The third-order valence-corrected chi connectivity index (χ3v) is 10.1. The Morgan fingerprint density at radius 1 is 0.810 bits per heavy atom. The zero-order valence-electron chi connectivity index (χ0n) is 23.2. The van der Waals surface area contributed by atoms with E-state index in [0.717, 1.165) is 28.8 Å². The van der Waals surface area contributed by atoms with Crippen LogP contribution in [0.1, 0.15) is 28.8 Å². The standard InChI is InChI=1S/C34H33ClN4O2S/c35-30-16-20-33(21-17-30)42(40,41)39-23-22-36-32(25-39)19-18-31-24-38(26-37-31)34(27-10-4-1-5-11-27,28-12-6-2-7-13-28)29-14-8-3-9-15-29/h1-17,20-21,24,26,32,36H,18-19,22-23,25H2. The molecule has 214 valence electrons. The number of halogens is 1. The second-order valence-corrected chi connectivity index (χ2v) is 13.0. The van der Waals surface area contributed by atoms with Crippen molar-refractivity contribution in [3.8, 4) is 0 Å². The Bertz CT molecular complexity index is 1610. The van der Waals surface area contributed by atoms with Crippen molar-refractivity contribution in [1.29, 1.82) is 0 Å². The Hall–Kier alpha value is -3.75. The van der Waals surface area contributed by atoms with Gasteiger partial charge in [-0.15, -0.1) is 0 Å². The number of hydrogen-bond acceptors (Lipinski definition) is 4. The van der Waals surface area contributed by atoms with Gasteiger partial charge < -0.3 is 9.88 Å². The van der Waals surface area contributed by atoms with Crippen LogP contribution in [0.4, 0.5) is 0 Å². The maximum atomic E-state index is 13.3. The van der Waals surface area contributed by atoms with Crippen molar-refractivity contribution in [2.24, 2.45) is 0 Å². The lowest BCUT2D eigenvalue weighted by atomic mass is 9.77. The summed E-state index contributed by atoms with van der Waals surface area (Å²) in [7, 11) is -3.59. The first-order valence-corrected chi connectivity index (χ1v) is 16.0. The predicted octanol–water partition coefficient (Wildman–Crippen LogP) is 5.97. The molecule has 1 aliphatic heterocycles. The van der Waals surface area contributed by atoms with E-state index in [0.29, 0.717) is 31.1 Å². The number of benzene rings is 4. The highest BCUT2D eigenvalue weighted by atomic mass is 35.5. The number of nitrogens with one attached hydrogen (secondary N) is 1. The van der Waals surface area contributed by atoms with Gasteiger partial charge in [0.2, 0.25) is 10.0 Å². The molecular formula is C34H33ClN4O2S. The minimum Gasteiger partial charge on any atom is -0.319 e. The minimum atomic E-state index is -3.59. The number of rotatable bonds is 9. The average molecular weight is 597 g/mol. The van der Waals surface area contributed by atoms with E-state index in [9.17, 15) is 8.42 Å². The molecule has 6 rings (SSSR count). The Morgan fingerprint density at radius 2 is 1.36 bits per heavy atom. The first-order valence-electron chi connectivity index (χ1n) is 14.2. The summed E-state index contributed by atoms with van der Waals surface area (Å²) in [5, 5.41) is 4.02. The van der Waals surface area contributed by atoms with Crippen LogP contribution < -0.4 is 5.32 Å². The van der Waals surface area contributed by atoms with Gasteiger partial charge in [0.05, 0.1) is 16.9 Å². The van der Waals surface area contributed by atoms with Crippen LogP contribution in [0.3, 0.4) is 0 Å². The van der Waals surface area contributed by atoms with Crippen LogP contribution in [0.15, 0.2) is 133 Å². The molecule has 6 nitrogen and oxygen atoms in total. The molecule has 2 heterocycles. The zero-order chi connectivity index (χ0) is 29.0. The van der Waals surface area contributed by atoms with Gasteiger partial charge in [0.15, 0.2) is 0 Å². The number of nitrogens with zero attached hydrogens (tertiary/aromatic N) is 3. The molecule has 4 aromatic carbocycles. The lowest BCUT2D eigenvalue weighted by Crippen LogP contribution is -2.52. The highest BCUT2D eigenvalue weighted by Crippen LogP contribution is 2.40. The number of sulfonamides is 1. The van der Waals surface area contributed by atoms with Crippen molar-refractivity contribution >= 4 is 21.6 Å². The largest absolute Gasteiger partial charge is 0.319 e. The fourth-order valence-corrected chi connectivity index (χ4v) is 7.56. The summed E-state index contributed by atoms with van der Waals surface area (Å²) in [4.78, 5) is 5.13. The van der Waals surface area contributed by atoms with E-state index >= 15 is 0 Å². The molecule has 1 saturated heterocycles. The monoisotopic (exact) mass is 596 g/mol. The molecule has 8 heteroatoms. The molecule has 5 aromatic rings. The van der Waals surface area contributed by atoms with E-state index in [-0.39, 0.29) is 10.9 Å². The Morgan fingerprint density at radius 3 is 1.90 bits per heavy atom. The summed E-state index contributed by atoms with van der Waals surface area (Å²) >= 11 is 5.98. The molecule has 0 aliphatic carbocycles. The van der Waals surface area contributed by atoms with Crippen molar-refractivity contribution in [3.63, 3.8) is 0 Å². The summed E-state index contributed by atoms with van der Waals surface area (Å²) in [6.07, 6.45) is 5.54. The van der Waals surface area contributed by atoms with E-state index in [1.807, 2.05) is 24.5 Å². The van der Waals surface area contributed by atoms with Crippen molar-refractivity contribution in [2.75, 3.05) is 19.6 Å². The lowest BCUT2D eigenvalue weighted by molar-refractivity contribution is 0.288. The topological polar surface area (TPSA) is 67.2 Å². The first kappa shape index (κ1) is 28.4. The van der Waals surface area contributed by atoms with Crippen molar-refractivity contribution in [3.05, 3.63) is 155 Å². The molecular weight excluding hydrogens is 564 g/mol. The third kappa shape index (κ3) is 5.53. The fourth-order valence-electron chi connectivity index (χ4n) is 5.95. The van der Waals surface area contributed by atoms with E-state index in [2.05, 4.69) is 88.9 Å². The SMILES string of the molecule is O=S(=O)(c1ccc(Cl)cc1)N1CCNC(CCc2cn(C(c3ccccc3)(c3ccccc3)c3ccccc3)cn2)C1.